The molecule has 14 aromatic rings. The average Bonchev–Trinajstić information content (AvgIpc) is 4.14. The zero-order chi connectivity index (χ0) is 51.9. The first-order valence-corrected chi connectivity index (χ1v) is 26.3. The van der Waals surface area contributed by atoms with Crippen LogP contribution in [0, 0.1) is 13.3 Å². The van der Waals surface area contributed by atoms with Crippen LogP contribution in [0.15, 0.2) is 284 Å². The standard InChI is InChI=1S/C73H49N3O2/c1-49-35-36-65-66-46-62(47-67(68-32-16-17-37-74-68)73(66)78-71(65)38-49)77-61-29-18-28-60(45-61)75-48-76(70-34-15-14-33-69(70)75)72-63(58-41-54(50-20-6-2-7-21-50)39-55(42-58)51-22-8-3-9-23-51)30-19-31-64(72)59-43-56(52-24-10-4-11-25-52)40-57(44-59)53-26-12-5-13-27-53/h2-47H,1H3. The monoisotopic (exact) mass is 999 g/mol. The number of benzene rings is 11. The SMILES string of the molecule is Cc1ccc2c(c1)oc1c(-c3ccccn3)cc(Oc3cccc(-n4[c-][n+](-c5c(-c6cc(-c7ccccc7)cc(-c7ccccc7)c6)cccc5-c5cc(-c6ccccc6)cc(-c6ccccc6)c5)c5ccccc54)c3)cc12. The van der Waals surface area contributed by atoms with Gasteiger partial charge in [0.2, 0.25) is 0 Å². The summed E-state index contributed by atoms with van der Waals surface area (Å²) in [4.78, 5) is 4.74. The Morgan fingerprint density at radius 3 is 1.53 bits per heavy atom. The third-order valence-corrected chi connectivity index (χ3v) is 14.7. The fourth-order valence-electron chi connectivity index (χ4n) is 11.0. The van der Waals surface area contributed by atoms with Crippen molar-refractivity contribution in [3.05, 3.63) is 291 Å². The molecule has 0 fully saturated rings. The van der Waals surface area contributed by atoms with Crippen molar-refractivity contribution in [2.45, 2.75) is 6.92 Å². The molecule has 0 N–H and O–H groups in total. The fourth-order valence-corrected chi connectivity index (χ4v) is 11.0. The van der Waals surface area contributed by atoms with E-state index in [4.69, 9.17) is 14.1 Å². The van der Waals surface area contributed by atoms with Crippen LogP contribution in [-0.4, -0.2) is 9.55 Å². The lowest BCUT2D eigenvalue weighted by atomic mass is 9.89. The van der Waals surface area contributed by atoms with Gasteiger partial charge in [-0.2, -0.15) is 0 Å². The summed E-state index contributed by atoms with van der Waals surface area (Å²) >= 11 is 0. The van der Waals surface area contributed by atoms with Crippen LogP contribution in [-0.2, 0) is 0 Å². The Labute approximate surface area is 452 Å². The van der Waals surface area contributed by atoms with E-state index in [1.54, 1.807) is 0 Å². The van der Waals surface area contributed by atoms with Gasteiger partial charge < -0.3 is 9.15 Å². The summed E-state index contributed by atoms with van der Waals surface area (Å²) < 4.78 is 17.9. The minimum atomic E-state index is 0.679. The molecule has 368 valence electrons. The predicted octanol–water partition coefficient (Wildman–Crippen LogP) is 18.8. The molecule has 0 saturated heterocycles. The van der Waals surface area contributed by atoms with E-state index in [1.807, 2.05) is 42.6 Å². The highest BCUT2D eigenvalue weighted by atomic mass is 16.5. The smallest absolute Gasteiger partial charge is 0.269 e. The first kappa shape index (κ1) is 46.2. The second-order valence-electron chi connectivity index (χ2n) is 19.8. The Morgan fingerprint density at radius 2 is 0.949 bits per heavy atom. The quantitative estimate of drug-likeness (QED) is 0.0958. The molecule has 0 aliphatic carbocycles. The Morgan fingerprint density at radius 1 is 0.410 bits per heavy atom. The minimum Gasteiger partial charge on any atom is -0.458 e. The van der Waals surface area contributed by atoms with Gasteiger partial charge in [-0.25, -0.2) is 0 Å². The van der Waals surface area contributed by atoms with E-state index < -0.39 is 0 Å². The molecule has 0 aliphatic heterocycles. The van der Waals surface area contributed by atoms with Crippen molar-refractivity contribution in [2.75, 3.05) is 0 Å². The van der Waals surface area contributed by atoms with Gasteiger partial charge in [-0.15, -0.1) is 0 Å². The summed E-state index contributed by atoms with van der Waals surface area (Å²) in [6.45, 7) is 2.08. The van der Waals surface area contributed by atoms with E-state index in [9.17, 15) is 0 Å². The number of rotatable bonds is 11. The van der Waals surface area contributed by atoms with Gasteiger partial charge in [-0.3, -0.25) is 14.1 Å². The second kappa shape index (κ2) is 19.7. The van der Waals surface area contributed by atoms with Crippen molar-refractivity contribution >= 4 is 33.0 Å². The molecule has 5 nitrogen and oxygen atoms in total. The molecule has 0 amide bonds. The first-order chi connectivity index (χ1) is 38.5. The molecule has 78 heavy (non-hydrogen) atoms. The Hall–Kier alpha value is -10.4. The topological polar surface area (TPSA) is 44.1 Å². The van der Waals surface area contributed by atoms with Gasteiger partial charge in [0.1, 0.15) is 22.7 Å². The number of hydrogen-bond acceptors (Lipinski definition) is 3. The van der Waals surface area contributed by atoms with E-state index in [0.717, 1.165) is 128 Å². The molecule has 0 unspecified atom stereocenters. The van der Waals surface area contributed by atoms with Crippen molar-refractivity contribution in [3.63, 3.8) is 0 Å². The highest BCUT2D eigenvalue weighted by molar-refractivity contribution is 6.10. The Balaban J connectivity index is 0.974. The number of nitrogens with zero attached hydrogens (tertiary/aromatic N) is 3. The lowest BCUT2D eigenvalue weighted by Gasteiger charge is -2.20. The molecular formula is C73H49N3O2. The van der Waals surface area contributed by atoms with Gasteiger partial charge >= 0.3 is 0 Å². The highest BCUT2D eigenvalue weighted by Gasteiger charge is 2.23. The molecule has 14 rings (SSSR count). The van der Waals surface area contributed by atoms with Gasteiger partial charge in [0.15, 0.2) is 0 Å². The Kier molecular flexibility index (Phi) is 11.7. The van der Waals surface area contributed by atoms with E-state index in [1.165, 1.54) is 0 Å². The fraction of sp³-hybridized carbons (Fsp3) is 0.0137. The van der Waals surface area contributed by atoms with Crippen molar-refractivity contribution in [1.29, 1.82) is 0 Å². The largest absolute Gasteiger partial charge is 0.458 e. The first-order valence-electron chi connectivity index (χ1n) is 26.3. The molecule has 0 spiro atoms. The van der Waals surface area contributed by atoms with Crippen molar-refractivity contribution in [2.24, 2.45) is 0 Å². The molecule has 5 heteroatoms. The van der Waals surface area contributed by atoms with Crippen LogP contribution >= 0.6 is 0 Å². The molecule has 0 atom stereocenters. The van der Waals surface area contributed by atoms with Crippen molar-refractivity contribution in [1.82, 2.24) is 9.55 Å². The van der Waals surface area contributed by atoms with Crippen LogP contribution in [0.4, 0.5) is 0 Å². The van der Waals surface area contributed by atoms with Crippen LogP contribution < -0.4 is 9.30 Å². The lowest BCUT2D eigenvalue weighted by molar-refractivity contribution is -0.571. The number of hydrogen-bond donors (Lipinski definition) is 0. The number of ether oxygens (including phenoxy) is 1. The number of imidazole rings is 1. The zero-order valence-electron chi connectivity index (χ0n) is 42.7. The molecule has 3 aromatic heterocycles. The van der Waals surface area contributed by atoms with Crippen LogP contribution in [0.2, 0.25) is 0 Å². The zero-order valence-corrected chi connectivity index (χ0v) is 42.7. The number of para-hydroxylation sites is 3. The summed E-state index contributed by atoms with van der Waals surface area (Å²) in [7, 11) is 0. The van der Waals surface area contributed by atoms with Crippen molar-refractivity contribution in [3.8, 4) is 101 Å². The van der Waals surface area contributed by atoms with Gasteiger partial charge in [-0.1, -0.05) is 188 Å². The summed E-state index contributed by atoms with van der Waals surface area (Å²) in [5.41, 5.74) is 21.7. The highest BCUT2D eigenvalue weighted by Crippen LogP contribution is 2.43. The third-order valence-electron chi connectivity index (χ3n) is 14.7. The lowest BCUT2D eigenvalue weighted by Crippen LogP contribution is -2.31. The van der Waals surface area contributed by atoms with Gasteiger partial charge in [-0.05, 0) is 164 Å². The molecule has 11 aromatic carbocycles. The van der Waals surface area contributed by atoms with Crippen LogP contribution in [0.25, 0.3) is 122 Å². The number of furan rings is 1. The summed E-state index contributed by atoms with van der Waals surface area (Å²) in [5, 5.41) is 1.99. The maximum atomic E-state index is 6.90. The average molecular weight is 1000 g/mol. The van der Waals surface area contributed by atoms with Gasteiger partial charge in [0.25, 0.3) is 6.33 Å². The molecule has 3 heterocycles. The summed E-state index contributed by atoms with van der Waals surface area (Å²) in [6, 6.07) is 96.6. The maximum Gasteiger partial charge on any atom is 0.269 e. The normalized spacial score (nSPS) is 11.4. The number of pyridine rings is 1. The second-order valence-corrected chi connectivity index (χ2v) is 19.8. The van der Waals surface area contributed by atoms with Crippen LogP contribution in [0.5, 0.6) is 11.5 Å². The Bertz CT molecular complexity index is 4250. The molecule has 0 aliphatic rings. The van der Waals surface area contributed by atoms with Gasteiger partial charge in [0, 0.05) is 22.5 Å². The summed E-state index contributed by atoms with van der Waals surface area (Å²) in [5.74, 6) is 1.36. The van der Waals surface area contributed by atoms with Crippen LogP contribution in [0.1, 0.15) is 5.56 Å². The molecule has 0 saturated carbocycles. The number of aromatic nitrogens is 3. The van der Waals surface area contributed by atoms with Crippen molar-refractivity contribution < 1.29 is 13.7 Å². The molecule has 0 bridgehead atoms. The third kappa shape index (κ3) is 8.69. The predicted molar refractivity (Wildman–Crippen MR) is 318 cm³/mol. The van der Waals surface area contributed by atoms with Gasteiger partial charge in [0.05, 0.1) is 28.1 Å². The van der Waals surface area contributed by atoms with E-state index in [0.29, 0.717) is 11.5 Å². The summed E-state index contributed by atoms with van der Waals surface area (Å²) in [6.07, 6.45) is 5.76. The number of aryl methyl sites for hydroxylation is 1. The number of fused-ring (bicyclic) bond motifs is 4. The van der Waals surface area contributed by atoms with Crippen LogP contribution in [0.3, 0.4) is 0 Å². The van der Waals surface area contributed by atoms with E-state index in [2.05, 4.69) is 259 Å². The van der Waals surface area contributed by atoms with E-state index in [-0.39, 0.29) is 0 Å². The maximum absolute atomic E-state index is 6.90. The molecule has 0 radical (unpaired) electrons. The molecular weight excluding hydrogens is 951 g/mol. The minimum absolute atomic E-state index is 0.679. The van der Waals surface area contributed by atoms with E-state index >= 15 is 0 Å².